The van der Waals surface area contributed by atoms with Crippen molar-refractivity contribution < 1.29 is 58.0 Å². The number of unbranched alkanes of at least 4 members (excludes halogenated alkanes) is 5. The van der Waals surface area contributed by atoms with E-state index in [2.05, 4.69) is 10.6 Å². The van der Waals surface area contributed by atoms with Crippen LogP contribution in [0.15, 0.2) is 48.5 Å². The molecule has 0 spiro atoms. The Bertz CT molecular complexity index is 1950. The molecule has 334 valence electrons. The Hall–Kier alpha value is -5.18. The fraction of sp³-hybridized carbons (Fsp3) is 0.524. The van der Waals surface area contributed by atoms with Gasteiger partial charge >= 0.3 is 23.9 Å². The number of thioether (sulfide) groups is 2. The van der Waals surface area contributed by atoms with Gasteiger partial charge in [0.05, 0.1) is 0 Å². The average molecular weight is 897 g/mol. The van der Waals surface area contributed by atoms with Gasteiger partial charge in [0.15, 0.2) is 0 Å². The van der Waals surface area contributed by atoms with E-state index in [9.17, 15) is 48.6 Å². The zero-order valence-electron chi connectivity index (χ0n) is 34.7. The van der Waals surface area contributed by atoms with Crippen LogP contribution < -0.4 is 31.6 Å². The van der Waals surface area contributed by atoms with E-state index >= 15 is 0 Å². The molecule has 20 heteroatoms. The van der Waals surface area contributed by atoms with Crippen molar-refractivity contribution in [3.63, 3.8) is 0 Å². The van der Waals surface area contributed by atoms with E-state index in [0.717, 1.165) is 25.7 Å². The predicted octanol–water partition coefficient (Wildman–Crippen LogP) is 2.58. The molecule has 4 heterocycles. The van der Waals surface area contributed by atoms with Gasteiger partial charge in [0.1, 0.15) is 58.5 Å². The van der Waals surface area contributed by atoms with Gasteiger partial charge in [0, 0.05) is 22.3 Å². The second-order valence-corrected chi connectivity index (χ2v) is 20.4. The summed E-state index contributed by atoms with van der Waals surface area (Å²) in [4.78, 5) is 102. The van der Waals surface area contributed by atoms with Gasteiger partial charge in [0.2, 0.25) is 23.6 Å². The number of esters is 2. The lowest BCUT2D eigenvalue weighted by Gasteiger charge is -2.43. The van der Waals surface area contributed by atoms with Crippen LogP contribution in [0.4, 0.5) is 0 Å². The molecule has 2 aromatic carbocycles. The lowest BCUT2D eigenvalue weighted by Crippen LogP contribution is -2.71. The van der Waals surface area contributed by atoms with E-state index < -0.39 is 104 Å². The van der Waals surface area contributed by atoms with Gasteiger partial charge in [-0.3, -0.25) is 28.8 Å². The minimum Gasteiger partial charge on any atom is -0.480 e. The molecule has 4 fully saturated rings. The highest BCUT2D eigenvalue weighted by Crippen LogP contribution is 2.52. The lowest BCUT2D eigenvalue weighted by atomic mass is 9.95. The van der Waals surface area contributed by atoms with Gasteiger partial charge in [-0.2, -0.15) is 0 Å². The Kier molecular flexibility index (Phi) is 13.9. The maximum Gasteiger partial charge on any atom is 0.327 e. The van der Waals surface area contributed by atoms with Gasteiger partial charge < -0.3 is 51.6 Å². The van der Waals surface area contributed by atoms with E-state index in [1.807, 2.05) is 0 Å². The standard InChI is InChI=1S/C42H52N6O12S2/c1-41(2)31(39(55)56)47-35(53)29(37(47)61-41)45-33(51)27(43)21-13-17-23(18-14-21)59-25(49)11-9-7-5-6-8-10-12-26(50)60-24-19-15-22(16-20-24)28(44)34(52)46-30-36(54)48-32(40(57)58)42(3,4)62-38(30)48/h13-20,27-32,37-38H,5-12,43-44H2,1-4H3,(H,45,51)(H,46,52)(H,55,56)(H,57,58)/t27-,28-,29-,30-,31+,32+,37-,38-/m1/s1. The summed E-state index contributed by atoms with van der Waals surface area (Å²) in [5, 5.41) is 23.5. The molecule has 0 bridgehead atoms. The van der Waals surface area contributed by atoms with E-state index in [0.29, 0.717) is 35.5 Å². The number of carboxylic acids is 2. The van der Waals surface area contributed by atoms with Crippen LogP contribution in [0, 0.1) is 0 Å². The first-order valence-electron chi connectivity index (χ1n) is 20.4. The molecular formula is C42H52N6O12S2. The molecular weight excluding hydrogens is 845 g/mol. The van der Waals surface area contributed by atoms with Crippen LogP contribution in [-0.2, 0) is 38.4 Å². The summed E-state index contributed by atoms with van der Waals surface area (Å²) in [7, 11) is 0. The van der Waals surface area contributed by atoms with Gasteiger partial charge in [0.25, 0.3) is 0 Å². The zero-order chi connectivity index (χ0) is 45.3. The van der Waals surface area contributed by atoms with Crippen LogP contribution in [0.1, 0.15) is 102 Å². The molecule has 0 unspecified atom stereocenters. The quantitative estimate of drug-likeness (QED) is 0.0512. The molecule has 0 aliphatic carbocycles. The second kappa shape index (κ2) is 18.7. The van der Waals surface area contributed by atoms with Crippen LogP contribution in [-0.4, -0.2) is 112 Å². The number of hydrogen-bond donors (Lipinski definition) is 6. The fourth-order valence-electron chi connectivity index (χ4n) is 8.18. The monoisotopic (exact) mass is 896 g/mol. The van der Waals surface area contributed by atoms with Crippen LogP contribution >= 0.6 is 23.5 Å². The van der Waals surface area contributed by atoms with Crippen molar-refractivity contribution >= 4 is 71.0 Å². The Morgan fingerprint density at radius 2 is 0.935 bits per heavy atom. The first-order valence-corrected chi connectivity index (χ1v) is 22.2. The number of carbonyl (C=O) groups is 8. The third kappa shape index (κ3) is 9.72. The number of nitrogens with two attached hydrogens (primary N) is 2. The second-order valence-electron chi connectivity index (χ2n) is 16.8. The number of rotatable bonds is 19. The molecule has 0 saturated carbocycles. The van der Waals surface area contributed by atoms with Crippen molar-refractivity contribution in [2.75, 3.05) is 0 Å². The number of carboxylic acid groups (broad SMARTS) is 2. The molecule has 6 rings (SSSR count). The first-order chi connectivity index (χ1) is 29.2. The molecule has 4 saturated heterocycles. The smallest absolute Gasteiger partial charge is 0.327 e. The summed E-state index contributed by atoms with van der Waals surface area (Å²) in [5.74, 6) is -4.52. The minimum absolute atomic E-state index is 0.210. The fourth-order valence-corrected chi connectivity index (χ4v) is 11.4. The molecule has 8 atom stereocenters. The lowest BCUT2D eigenvalue weighted by molar-refractivity contribution is -0.161. The highest BCUT2D eigenvalue weighted by molar-refractivity contribution is 8.02. The topological polar surface area (TPSA) is 278 Å². The zero-order valence-corrected chi connectivity index (χ0v) is 36.4. The largest absolute Gasteiger partial charge is 0.480 e. The predicted molar refractivity (Wildman–Crippen MR) is 226 cm³/mol. The van der Waals surface area contributed by atoms with Gasteiger partial charge in [-0.25, -0.2) is 9.59 Å². The Labute approximate surface area is 366 Å². The SMILES string of the molecule is CC1(C)S[C@@H]2[C@H](NC(=O)[C@H](N)c3ccc(OC(=O)CCCCCCCCC(=O)Oc4ccc([C@@H](N)C(=O)N[C@@H]5C(=O)N6[C@@H]5SC(C)(C)[C@@H]6C(=O)O)cc4)cc3)C(=O)N2[C@H]1C(=O)O. The third-order valence-corrected chi connectivity index (χ3v) is 14.6. The average Bonchev–Trinajstić information content (AvgIpc) is 3.63. The van der Waals surface area contributed by atoms with E-state index in [1.165, 1.54) is 57.6 Å². The molecule has 2 aromatic rings. The first kappa shape index (κ1) is 46.3. The van der Waals surface area contributed by atoms with Crippen molar-refractivity contribution in [2.24, 2.45) is 11.5 Å². The molecule has 4 amide bonds. The van der Waals surface area contributed by atoms with E-state index in [-0.39, 0.29) is 12.8 Å². The number of amides is 4. The van der Waals surface area contributed by atoms with E-state index in [4.69, 9.17) is 20.9 Å². The number of nitrogens with one attached hydrogen (secondary N) is 2. The van der Waals surface area contributed by atoms with Crippen molar-refractivity contribution in [3.8, 4) is 11.5 Å². The van der Waals surface area contributed by atoms with Crippen LogP contribution in [0.25, 0.3) is 0 Å². The number of carbonyl (C=O) groups excluding carboxylic acids is 6. The Morgan fingerprint density at radius 1 is 0.613 bits per heavy atom. The highest BCUT2D eigenvalue weighted by Gasteiger charge is 2.65. The van der Waals surface area contributed by atoms with Gasteiger partial charge in [-0.05, 0) is 75.9 Å². The van der Waals surface area contributed by atoms with Crippen LogP contribution in [0.2, 0.25) is 0 Å². The summed E-state index contributed by atoms with van der Waals surface area (Å²) in [6.45, 7) is 7.00. The van der Waals surface area contributed by atoms with Crippen LogP contribution in [0.5, 0.6) is 11.5 Å². The number of β-lactam (4-membered cyclic amide) rings is 2. The number of hydrogen-bond acceptors (Lipinski definition) is 14. The van der Waals surface area contributed by atoms with Crippen molar-refractivity contribution in [1.82, 2.24) is 20.4 Å². The van der Waals surface area contributed by atoms with Crippen LogP contribution in [0.3, 0.4) is 0 Å². The molecule has 18 nitrogen and oxygen atoms in total. The van der Waals surface area contributed by atoms with Gasteiger partial charge in [-0.15, -0.1) is 23.5 Å². The minimum atomic E-state index is -1.10. The maximum absolute atomic E-state index is 12.9. The van der Waals surface area contributed by atoms with Crippen molar-refractivity contribution in [1.29, 1.82) is 0 Å². The number of benzene rings is 2. The molecule has 62 heavy (non-hydrogen) atoms. The number of ether oxygens (including phenoxy) is 2. The summed E-state index contributed by atoms with van der Waals surface area (Å²) in [6, 6.07) is 6.45. The summed E-state index contributed by atoms with van der Waals surface area (Å²) < 4.78 is 9.41. The van der Waals surface area contributed by atoms with Crippen molar-refractivity contribution in [2.45, 2.75) is 136 Å². The molecule has 4 aliphatic heterocycles. The Balaban J connectivity index is 0.810. The summed E-state index contributed by atoms with van der Waals surface area (Å²) in [6.07, 6.45) is 4.97. The Morgan fingerprint density at radius 3 is 1.26 bits per heavy atom. The number of nitrogens with zero attached hydrogens (tertiary/aromatic N) is 2. The normalized spacial score (nSPS) is 25.0. The van der Waals surface area contributed by atoms with Crippen molar-refractivity contribution in [3.05, 3.63) is 59.7 Å². The third-order valence-electron chi connectivity index (χ3n) is 11.5. The van der Waals surface area contributed by atoms with Gasteiger partial charge in [-0.1, -0.05) is 49.9 Å². The number of aliphatic carboxylic acids is 2. The summed E-state index contributed by atoms with van der Waals surface area (Å²) >= 11 is 2.64. The molecule has 4 aliphatic rings. The molecule has 0 aromatic heterocycles. The molecule has 0 radical (unpaired) electrons. The highest BCUT2D eigenvalue weighted by atomic mass is 32.2. The molecule has 8 N–H and O–H groups in total. The number of fused-ring (bicyclic) bond motifs is 2. The summed E-state index contributed by atoms with van der Waals surface area (Å²) in [5.41, 5.74) is 13.2. The maximum atomic E-state index is 12.9. The van der Waals surface area contributed by atoms with E-state index in [1.54, 1.807) is 52.0 Å².